The van der Waals surface area contributed by atoms with Crippen LogP contribution < -0.4 is 10.6 Å². The predicted octanol–water partition coefficient (Wildman–Crippen LogP) is 3.54. The minimum absolute atomic E-state index is 0.00739. The van der Waals surface area contributed by atoms with Gasteiger partial charge in [-0.25, -0.2) is 4.39 Å². The van der Waals surface area contributed by atoms with E-state index in [2.05, 4.69) is 39.8 Å². The predicted molar refractivity (Wildman–Crippen MR) is 145 cm³/mol. The lowest BCUT2D eigenvalue weighted by Crippen LogP contribution is -2.72. The molecule has 2 aliphatic heterocycles. The highest BCUT2D eigenvalue weighted by Crippen LogP contribution is 2.34. The number of piperazine rings is 1. The molecule has 3 amide bonds. The van der Waals surface area contributed by atoms with Gasteiger partial charge in [0.05, 0.1) is 0 Å². The lowest BCUT2D eigenvalue weighted by molar-refractivity contribution is -0.161. The molecule has 1 spiro atoms. The molecule has 204 valence electrons. The Morgan fingerprint density at radius 1 is 1.05 bits per heavy atom. The van der Waals surface area contributed by atoms with Crippen molar-refractivity contribution in [1.82, 2.24) is 20.4 Å². The maximum atomic E-state index is 13.5. The van der Waals surface area contributed by atoms with Gasteiger partial charge in [0, 0.05) is 38.3 Å². The second-order valence-electron chi connectivity index (χ2n) is 10.4. The molecule has 7 nitrogen and oxygen atoms in total. The van der Waals surface area contributed by atoms with Crippen LogP contribution in [0.5, 0.6) is 0 Å². The number of likely N-dealkylation sites (tertiary alicyclic amines) is 1. The largest absolute Gasteiger partial charge is 0.352 e. The summed E-state index contributed by atoms with van der Waals surface area (Å²) in [7, 11) is 0. The fourth-order valence-electron chi connectivity index (χ4n) is 5.60. The maximum Gasteiger partial charge on any atom is 0.251 e. The van der Waals surface area contributed by atoms with Crippen molar-refractivity contribution in [2.75, 3.05) is 32.7 Å². The van der Waals surface area contributed by atoms with E-state index in [1.54, 1.807) is 6.07 Å². The van der Waals surface area contributed by atoms with Crippen molar-refractivity contribution < 1.29 is 18.8 Å². The third kappa shape index (κ3) is 6.59. The lowest BCUT2D eigenvalue weighted by Gasteiger charge is -2.51. The minimum atomic E-state index is -0.758. The van der Waals surface area contributed by atoms with Gasteiger partial charge in [0.25, 0.3) is 5.91 Å². The Balaban J connectivity index is 1.26. The Labute approximate surface area is 224 Å². The number of benzene rings is 2. The van der Waals surface area contributed by atoms with Crippen LogP contribution in [0.4, 0.5) is 4.39 Å². The molecule has 1 atom stereocenters. The van der Waals surface area contributed by atoms with Gasteiger partial charge in [-0.2, -0.15) is 0 Å². The van der Waals surface area contributed by atoms with E-state index in [9.17, 15) is 18.8 Å². The van der Waals surface area contributed by atoms with Crippen LogP contribution in [0.3, 0.4) is 0 Å². The van der Waals surface area contributed by atoms with Crippen LogP contribution in [-0.4, -0.2) is 71.8 Å². The molecule has 0 aromatic heterocycles. The van der Waals surface area contributed by atoms with E-state index in [0.717, 1.165) is 32.5 Å². The Hall–Kier alpha value is -3.26. The first-order valence-electron chi connectivity index (χ1n) is 13.9. The third-order valence-corrected chi connectivity index (χ3v) is 7.79. The van der Waals surface area contributed by atoms with Crippen LogP contribution in [0, 0.1) is 5.82 Å². The maximum absolute atomic E-state index is 13.5. The van der Waals surface area contributed by atoms with Gasteiger partial charge in [0.15, 0.2) is 0 Å². The zero-order valence-corrected chi connectivity index (χ0v) is 22.3. The van der Waals surface area contributed by atoms with Crippen molar-refractivity contribution in [2.24, 2.45) is 0 Å². The average Bonchev–Trinajstić information content (AvgIpc) is 2.93. The number of hydrogen-bond donors (Lipinski definition) is 2. The summed E-state index contributed by atoms with van der Waals surface area (Å²) in [6.07, 6.45) is 4.95. The van der Waals surface area contributed by atoms with Crippen LogP contribution in [0.25, 0.3) is 0 Å². The van der Waals surface area contributed by atoms with Crippen LogP contribution in [0.2, 0.25) is 0 Å². The molecule has 2 aliphatic rings. The van der Waals surface area contributed by atoms with Gasteiger partial charge in [0.1, 0.15) is 17.4 Å². The molecule has 2 heterocycles. The Morgan fingerprint density at radius 2 is 1.82 bits per heavy atom. The van der Waals surface area contributed by atoms with E-state index in [0.29, 0.717) is 45.2 Å². The van der Waals surface area contributed by atoms with E-state index in [1.807, 2.05) is 17.9 Å². The van der Waals surface area contributed by atoms with Crippen LogP contribution in [-0.2, 0) is 16.0 Å². The van der Waals surface area contributed by atoms with Crippen molar-refractivity contribution in [3.63, 3.8) is 0 Å². The van der Waals surface area contributed by atoms with E-state index in [4.69, 9.17) is 0 Å². The summed E-state index contributed by atoms with van der Waals surface area (Å²) in [4.78, 5) is 43.4. The number of rotatable bonds is 11. The first-order valence-corrected chi connectivity index (χ1v) is 13.9. The number of hydrogen-bond acceptors (Lipinski definition) is 4. The number of unbranched alkanes of at least 4 members (excludes halogenated alkanes) is 1. The van der Waals surface area contributed by atoms with Crippen molar-refractivity contribution in [3.8, 4) is 0 Å². The smallest absolute Gasteiger partial charge is 0.251 e. The zero-order valence-electron chi connectivity index (χ0n) is 22.3. The van der Waals surface area contributed by atoms with Gasteiger partial charge in [-0.05, 0) is 68.7 Å². The number of amides is 3. The number of nitrogens with zero attached hydrogens (tertiary/aromatic N) is 2. The standard InChI is InChI=1S/C30H39FN4O3/c1-2-18-35-28(37)26(13-6-7-17-32-27(36)24-11-8-12-25(31)22-24)33-29(38)30(35)15-20-34(21-16-30)19-14-23-9-4-3-5-10-23/h3-5,8-12,22,26H,2,6-7,13-21H2,1H3,(H,32,36)(H,33,38)/t26-/m0/s1. The molecule has 0 bridgehead atoms. The van der Waals surface area contributed by atoms with Crippen molar-refractivity contribution in [2.45, 2.75) is 63.5 Å². The lowest BCUT2D eigenvalue weighted by atomic mass is 9.81. The summed E-state index contributed by atoms with van der Waals surface area (Å²) < 4.78 is 13.3. The van der Waals surface area contributed by atoms with Gasteiger partial charge >= 0.3 is 0 Å². The Bertz CT molecular complexity index is 1100. The topological polar surface area (TPSA) is 81.8 Å². The molecule has 2 aromatic carbocycles. The summed E-state index contributed by atoms with van der Waals surface area (Å²) >= 11 is 0. The van der Waals surface area contributed by atoms with Crippen LogP contribution in [0.1, 0.15) is 61.4 Å². The molecule has 8 heteroatoms. The highest BCUT2D eigenvalue weighted by Gasteiger charge is 2.52. The van der Waals surface area contributed by atoms with Crippen molar-refractivity contribution in [1.29, 1.82) is 0 Å². The fraction of sp³-hybridized carbons (Fsp3) is 0.500. The Morgan fingerprint density at radius 3 is 2.53 bits per heavy atom. The van der Waals surface area contributed by atoms with Crippen LogP contribution >= 0.6 is 0 Å². The summed E-state index contributed by atoms with van der Waals surface area (Å²) in [6, 6.07) is 15.5. The second-order valence-corrected chi connectivity index (χ2v) is 10.4. The van der Waals surface area contributed by atoms with Gasteiger partial charge in [0.2, 0.25) is 11.8 Å². The van der Waals surface area contributed by atoms with Gasteiger partial charge in [-0.15, -0.1) is 0 Å². The molecule has 38 heavy (non-hydrogen) atoms. The molecule has 0 radical (unpaired) electrons. The van der Waals surface area contributed by atoms with Crippen LogP contribution in [0.15, 0.2) is 54.6 Å². The molecular weight excluding hydrogens is 483 g/mol. The first kappa shape index (κ1) is 27.8. The number of halogens is 1. The molecule has 2 saturated heterocycles. The number of nitrogens with one attached hydrogen (secondary N) is 2. The number of carbonyl (C=O) groups is 3. The minimum Gasteiger partial charge on any atom is -0.352 e. The second kappa shape index (κ2) is 13.0. The number of piperidine rings is 1. The summed E-state index contributed by atoms with van der Waals surface area (Å²) in [5, 5.41) is 5.83. The molecule has 0 saturated carbocycles. The Kier molecular flexibility index (Phi) is 9.50. The zero-order chi connectivity index (χ0) is 27.0. The van der Waals surface area contributed by atoms with Crippen molar-refractivity contribution in [3.05, 3.63) is 71.5 Å². The third-order valence-electron chi connectivity index (χ3n) is 7.79. The molecule has 0 unspecified atom stereocenters. The molecular formula is C30H39FN4O3. The van der Waals surface area contributed by atoms with Crippen molar-refractivity contribution >= 4 is 17.7 Å². The highest BCUT2D eigenvalue weighted by molar-refractivity contribution is 6.00. The normalized spacial score (nSPS) is 19.4. The first-order chi connectivity index (χ1) is 18.4. The molecule has 2 aromatic rings. The van der Waals surface area contributed by atoms with Gasteiger partial charge < -0.3 is 20.4 Å². The SMILES string of the molecule is CCCN1C(=O)[C@H](CCCCNC(=O)c2cccc(F)c2)NC(=O)C12CCN(CCc1ccccc1)CC2. The summed E-state index contributed by atoms with van der Waals surface area (Å²) in [6.45, 7) is 5.58. The fourth-order valence-corrected chi connectivity index (χ4v) is 5.60. The average molecular weight is 523 g/mol. The summed E-state index contributed by atoms with van der Waals surface area (Å²) in [5.41, 5.74) is 0.833. The molecule has 2 fully saturated rings. The summed E-state index contributed by atoms with van der Waals surface area (Å²) in [5.74, 6) is -0.792. The van der Waals surface area contributed by atoms with Gasteiger partial charge in [-0.1, -0.05) is 43.3 Å². The van der Waals surface area contributed by atoms with E-state index < -0.39 is 17.4 Å². The van der Waals surface area contributed by atoms with E-state index in [1.165, 1.54) is 23.8 Å². The highest BCUT2D eigenvalue weighted by atomic mass is 19.1. The number of carbonyl (C=O) groups excluding carboxylic acids is 3. The van der Waals surface area contributed by atoms with Gasteiger partial charge in [-0.3, -0.25) is 14.4 Å². The quantitative estimate of drug-likeness (QED) is 0.443. The molecule has 0 aliphatic carbocycles. The molecule has 2 N–H and O–H groups in total. The van der Waals surface area contributed by atoms with E-state index >= 15 is 0 Å². The molecule has 4 rings (SSSR count). The monoisotopic (exact) mass is 522 g/mol. The van der Waals surface area contributed by atoms with E-state index in [-0.39, 0.29) is 23.3 Å².